The molecule has 9 heteroatoms. The van der Waals surface area contributed by atoms with Gasteiger partial charge >= 0.3 is 0 Å². The summed E-state index contributed by atoms with van der Waals surface area (Å²) in [4.78, 5) is 31.1. The minimum atomic E-state index is 0.0124. The molecule has 0 unspecified atom stereocenters. The van der Waals surface area contributed by atoms with Gasteiger partial charge in [-0.15, -0.1) is 0 Å². The van der Waals surface area contributed by atoms with E-state index in [4.69, 9.17) is 9.47 Å². The van der Waals surface area contributed by atoms with Crippen molar-refractivity contribution < 1.29 is 19.1 Å². The number of H-pyrrole nitrogens is 1. The van der Waals surface area contributed by atoms with Crippen LogP contribution >= 0.6 is 0 Å². The molecular weight excluding hydrogens is 410 g/mol. The van der Waals surface area contributed by atoms with E-state index in [0.717, 1.165) is 43.6 Å². The first-order valence-corrected chi connectivity index (χ1v) is 11.4. The third-order valence-electron chi connectivity index (χ3n) is 6.10. The summed E-state index contributed by atoms with van der Waals surface area (Å²) in [5.74, 6) is 1.15. The summed E-state index contributed by atoms with van der Waals surface area (Å²) < 4.78 is 11.2. The van der Waals surface area contributed by atoms with Crippen LogP contribution in [-0.2, 0) is 14.3 Å². The molecule has 2 N–H and O–H groups in total. The molecule has 4 heterocycles. The maximum Gasteiger partial charge on any atom is 0.224 e. The standard InChI is InChI=1S/C23H31N5O4/c29-22(6-9-24-23(30)18-7-12-31-13-8-18)28-11-1-2-17(15-28)16-32-19-3-4-20(25-14-19)21-5-10-26-27-21/h3-5,10,14,17-18H,1-2,6-9,11-13,15-16H2,(H,24,30)(H,26,27)/t17-/m1/s1. The van der Waals surface area contributed by atoms with Crippen molar-refractivity contribution in [2.45, 2.75) is 32.1 Å². The number of likely N-dealkylation sites (tertiary alicyclic amines) is 1. The maximum absolute atomic E-state index is 12.6. The molecule has 0 spiro atoms. The molecule has 0 radical (unpaired) electrons. The second kappa shape index (κ2) is 11.1. The van der Waals surface area contributed by atoms with E-state index in [9.17, 15) is 9.59 Å². The zero-order valence-corrected chi connectivity index (χ0v) is 18.3. The molecule has 0 saturated carbocycles. The highest BCUT2D eigenvalue weighted by atomic mass is 16.5. The van der Waals surface area contributed by atoms with Crippen LogP contribution in [-0.4, -0.2) is 71.4 Å². The number of nitrogens with one attached hydrogen (secondary N) is 2. The van der Waals surface area contributed by atoms with Crippen LogP contribution in [0.25, 0.3) is 11.4 Å². The third kappa shape index (κ3) is 6.06. The molecular formula is C23H31N5O4. The molecule has 2 aliphatic rings. The van der Waals surface area contributed by atoms with Crippen molar-refractivity contribution in [3.8, 4) is 17.1 Å². The zero-order valence-electron chi connectivity index (χ0n) is 18.3. The van der Waals surface area contributed by atoms with Gasteiger partial charge in [0.2, 0.25) is 11.8 Å². The Balaban J connectivity index is 1.17. The molecule has 2 aromatic rings. The molecule has 1 atom stereocenters. The first-order chi connectivity index (χ1) is 15.7. The smallest absolute Gasteiger partial charge is 0.224 e. The number of ether oxygens (including phenoxy) is 2. The average Bonchev–Trinajstić information content (AvgIpc) is 3.39. The van der Waals surface area contributed by atoms with Gasteiger partial charge in [0, 0.05) is 57.3 Å². The number of carbonyl (C=O) groups is 2. The summed E-state index contributed by atoms with van der Waals surface area (Å²) in [5, 5.41) is 9.74. The molecule has 2 aliphatic heterocycles. The van der Waals surface area contributed by atoms with Crippen LogP contribution in [0, 0.1) is 11.8 Å². The lowest BCUT2D eigenvalue weighted by Crippen LogP contribution is -2.43. The Morgan fingerprint density at radius 1 is 1.22 bits per heavy atom. The number of pyridine rings is 1. The Morgan fingerprint density at radius 2 is 2.09 bits per heavy atom. The van der Waals surface area contributed by atoms with Crippen molar-refractivity contribution in [3.63, 3.8) is 0 Å². The summed E-state index contributed by atoms with van der Waals surface area (Å²) >= 11 is 0. The highest BCUT2D eigenvalue weighted by molar-refractivity contribution is 5.80. The van der Waals surface area contributed by atoms with E-state index in [1.165, 1.54) is 0 Å². The normalized spacial score (nSPS) is 19.5. The largest absolute Gasteiger partial charge is 0.492 e. The molecule has 9 nitrogen and oxygen atoms in total. The van der Waals surface area contributed by atoms with Crippen molar-refractivity contribution in [2.75, 3.05) is 39.5 Å². The van der Waals surface area contributed by atoms with E-state index < -0.39 is 0 Å². The van der Waals surface area contributed by atoms with E-state index in [2.05, 4.69) is 20.5 Å². The quantitative estimate of drug-likeness (QED) is 0.649. The van der Waals surface area contributed by atoms with Crippen molar-refractivity contribution in [3.05, 3.63) is 30.6 Å². The monoisotopic (exact) mass is 441 g/mol. The predicted molar refractivity (Wildman–Crippen MR) is 118 cm³/mol. The SMILES string of the molecule is O=C(NCCC(=O)N1CCC[C@@H](COc2ccc(-c3ccn[nH]3)nc2)C1)C1CCOCC1. The minimum absolute atomic E-state index is 0.0124. The molecule has 0 aliphatic carbocycles. The summed E-state index contributed by atoms with van der Waals surface area (Å²) in [6.45, 7) is 3.67. The van der Waals surface area contributed by atoms with Gasteiger partial charge in [0.05, 0.1) is 24.2 Å². The van der Waals surface area contributed by atoms with E-state index in [0.29, 0.717) is 45.1 Å². The molecule has 0 bridgehead atoms. The molecule has 2 aromatic heterocycles. The van der Waals surface area contributed by atoms with E-state index in [1.54, 1.807) is 12.4 Å². The number of hydrogen-bond donors (Lipinski definition) is 2. The van der Waals surface area contributed by atoms with Crippen molar-refractivity contribution >= 4 is 11.8 Å². The van der Waals surface area contributed by atoms with Gasteiger partial charge in [-0.1, -0.05) is 0 Å². The summed E-state index contributed by atoms with van der Waals surface area (Å²) in [6.07, 6.45) is 7.25. The average molecular weight is 442 g/mol. The highest BCUT2D eigenvalue weighted by Crippen LogP contribution is 2.21. The topological polar surface area (TPSA) is 109 Å². The molecule has 32 heavy (non-hydrogen) atoms. The molecule has 2 fully saturated rings. The fourth-order valence-electron chi connectivity index (χ4n) is 4.22. The lowest BCUT2D eigenvalue weighted by molar-refractivity contribution is -0.133. The van der Waals surface area contributed by atoms with Gasteiger partial charge in [-0.05, 0) is 43.9 Å². The Hall–Kier alpha value is -2.94. The number of aromatic amines is 1. The third-order valence-corrected chi connectivity index (χ3v) is 6.10. The number of rotatable bonds is 8. The molecule has 2 saturated heterocycles. The fourth-order valence-corrected chi connectivity index (χ4v) is 4.22. The van der Waals surface area contributed by atoms with Gasteiger partial charge in [0.15, 0.2) is 0 Å². The Labute approximate surface area is 187 Å². The van der Waals surface area contributed by atoms with Gasteiger partial charge in [0.1, 0.15) is 5.75 Å². The van der Waals surface area contributed by atoms with Crippen LogP contribution in [0.3, 0.4) is 0 Å². The lowest BCUT2D eigenvalue weighted by atomic mass is 9.98. The Morgan fingerprint density at radius 3 is 2.84 bits per heavy atom. The second-order valence-electron chi connectivity index (χ2n) is 8.44. The first-order valence-electron chi connectivity index (χ1n) is 11.4. The van der Waals surface area contributed by atoms with Gasteiger partial charge in [-0.25, -0.2) is 0 Å². The van der Waals surface area contributed by atoms with Crippen molar-refractivity contribution in [1.82, 2.24) is 25.4 Å². The van der Waals surface area contributed by atoms with Gasteiger partial charge in [0.25, 0.3) is 0 Å². The highest BCUT2D eigenvalue weighted by Gasteiger charge is 2.25. The first kappa shape index (κ1) is 22.3. The maximum atomic E-state index is 12.6. The van der Waals surface area contributed by atoms with Gasteiger partial charge < -0.3 is 19.7 Å². The van der Waals surface area contributed by atoms with Crippen LogP contribution in [0.5, 0.6) is 5.75 Å². The van der Waals surface area contributed by atoms with Crippen LogP contribution in [0.4, 0.5) is 0 Å². The van der Waals surface area contributed by atoms with Crippen molar-refractivity contribution in [2.24, 2.45) is 11.8 Å². The van der Waals surface area contributed by atoms with E-state index in [-0.39, 0.29) is 23.7 Å². The number of amides is 2. The summed E-state index contributed by atoms with van der Waals surface area (Å²) in [6, 6.07) is 5.66. The minimum Gasteiger partial charge on any atom is -0.492 e. The summed E-state index contributed by atoms with van der Waals surface area (Å²) in [7, 11) is 0. The van der Waals surface area contributed by atoms with Crippen molar-refractivity contribution in [1.29, 1.82) is 0 Å². The van der Waals surface area contributed by atoms with Gasteiger partial charge in [-0.2, -0.15) is 5.10 Å². The zero-order chi connectivity index (χ0) is 22.2. The Bertz CT molecular complexity index is 865. The fraction of sp³-hybridized carbons (Fsp3) is 0.565. The van der Waals surface area contributed by atoms with Crippen LogP contribution in [0.1, 0.15) is 32.1 Å². The number of carbonyl (C=O) groups excluding carboxylic acids is 2. The number of nitrogens with zero attached hydrogens (tertiary/aromatic N) is 3. The molecule has 172 valence electrons. The van der Waals surface area contributed by atoms with E-state index in [1.807, 2.05) is 23.1 Å². The van der Waals surface area contributed by atoms with Crippen LogP contribution < -0.4 is 10.1 Å². The Kier molecular flexibility index (Phi) is 7.71. The second-order valence-corrected chi connectivity index (χ2v) is 8.44. The van der Waals surface area contributed by atoms with E-state index >= 15 is 0 Å². The number of piperidine rings is 1. The van der Waals surface area contributed by atoms with Crippen LogP contribution in [0.15, 0.2) is 30.6 Å². The predicted octanol–water partition coefficient (Wildman–Crippen LogP) is 2.02. The van der Waals surface area contributed by atoms with Gasteiger partial charge in [-0.3, -0.25) is 19.7 Å². The van der Waals surface area contributed by atoms with Crippen LogP contribution in [0.2, 0.25) is 0 Å². The summed E-state index contributed by atoms with van der Waals surface area (Å²) in [5.41, 5.74) is 1.68. The molecule has 4 rings (SSSR count). The lowest BCUT2D eigenvalue weighted by Gasteiger charge is -2.32. The molecule has 2 amide bonds. The molecule has 0 aromatic carbocycles. The number of aromatic nitrogens is 3. The number of hydrogen-bond acceptors (Lipinski definition) is 6.